The van der Waals surface area contributed by atoms with Crippen molar-refractivity contribution < 1.29 is 14.4 Å². The van der Waals surface area contributed by atoms with Gasteiger partial charge in [-0.1, -0.05) is 18.2 Å². The maximum atomic E-state index is 12.2. The number of rotatable bonds is 8. The molecule has 0 aliphatic heterocycles. The van der Waals surface area contributed by atoms with Crippen LogP contribution in [0.1, 0.15) is 18.9 Å². The van der Waals surface area contributed by atoms with E-state index in [-0.39, 0.29) is 24.3 Å². The van der Waals surface area contributed by atoms with Crippen molar-refractivity contribution in [3.63, 3.8) is 0 Å². The van der Waals surface area contributed by atoms with Crippen molar-refractivity contribution in [2.24, 2.45) is 0 Å². The number of nitrogens with one attached hydrogen (secondary N) is 3. The Balaban J connectivity index is 1.86. The number of carbonyl (C=O) groups is 3. The van der Waals surface area contributed by atoms with Crippen LogP contribution in [0.4, 0.5) is 17.1 Å². The van der Waals surface area contributed by atoms with Gasteiger partial charge in [-0.2, -0.15) is 0 Å². The molecule has 0 radical (unpaired) electrons. The van der Waals surface area contributed by atoms with Crippen LogP contribution in [0.15, 0.2) is 48.5 Å². The molecule has 3 N–H and O–H groups in total. The summed E-state index contributed by atoms with van der Waals surface area (Å²) >= 11 is 0. The van der Waals surface area contributed by atoms with Crippen LogP contribution in [0.25, 0.3) is 0 Å². The van der Waals surface area contributed by atoms with Crippen LogP contribution in [0.5, 0.6) is 0 Å². The Morgan fingerprint density at radius 1 is 0.893 bits per heavy atom. The van der Waals surface area contributed by atoms with Crippen molar-refractivity contribution in [3.8, 4) is 0 Å². The molecular formula is C21H26N4O3. The van der Waals surface area contributed by atoms with E-state index in [2.05, 4.69) is 16.0 Å². The first kappa shape index (κ1) is 21.0. The highest BCUT2D eigenvalue weighted by molar-refractivity contribution is 5.95. The highest BCUT2D eigenvalue weighted by Crippen LogP contribution is 2.16. The fourth-order valence-corrected chi connectivity index (χ4v) is 2.58. The zero-order chi connectivity index (χ0) is 20.5. The third-order valence-corrected chi connectivity index (χ3v) is 3.97. The van der Waals surface area contributed by atoms with E-state index in [9.17, 15) is 14.4 Å². The number of aryl methyl sites for hydroxylation is 1. The average Bonchev–Trinajstić information content (AvgIpc) is 2.64. The van der Waals surface area contributed by atoms with Gasteiger partial charge in [-0.25, -0.2) is 0 Å². The Bertz CT molecular complexity index is 849. The van der Waals surface area contributed by atoms with Gasteiger partial charge in [0.25, 0.3) is 0 Å². The lowest BCUT2D eigenvalue weighted by atomic mass is 10.1. The second-order valence-electron chi connectivity index (χ2n) is 6.65. The number of anilines is 3. The molecule has 0 saturated heterocycles. The molecule has 0 unspecified atom stereocenters. The van der Waals surface area contributed by atoms with Crippen LogP contribution in [0, 0.1) is 0 Å². The van der Waals surface area contributed by atoms with Gasteiger partial charge in [-0.15, -0.1) is 0 Å². The van der Waals surface area contributed by atoms with Crippen LogP contribution in [0.2, 0.25) is 0 Å². The summed E-state index contributed by atoms with van der Waals surface area (Å²) in [7, 11) is 3.48. The summed E-state index contributed by atoms with van der Waals surface area (Å²) in [4.78, 5) is 36.6. The molecule has 7 heteroatoms. The smallest absolute Gasteiger partial charge is 0.243 e. The van der Waals surface area contributed by atoms with Gasteiger partial charge < -0.3 is 20.9 Å². The van der Waals surface area contributed by atoms with Crippen LogP contribution in [0.3, 0.4) is 0 Å². The van der Waals surface area contributed by atoms with Crippen molar-refractivity contribution in [3.05, 3.63) is 54.1 Å². The Labute approximate surface area is 165 Å². The SMILES string of the molecule is CC(=O)Nc1cccc(NC(=O)CNc2cccc(CCC(=O)N(C)C)c2)c1. The monoisotopic (exact) mass is 382 g/mol. The van der Waals surface area contributed by atoms with Crippen molar-refractivity contribution in [2.45, 2.75) is 19.8 Å². The van der Waals surface area contributed by atoms with Crippen molar-refractivity contribution >= 4 is 34.8 Å². The molecule has 2 aromatic rings. The first-order chi connectivity index (χ1) is 13.3. The zero-order valence-electron chi connectivity index (χ0n) is 16.4. The molecule has 0 atom stereocenters. The number of benzene rings is 2. The Kier molecular flexibility index (Phi) is 7.56. The van der Waals surface area contributed by atoms with Gasteiger partial charge in [0.2, 0.25) is 17.7 Å². The van der Waals surface area contributed by atoms with Crippen molar-refractivity contribution in [2.75, 3.05) is 36.6 Å². The first-order valence-corrected chi connectivity index (χ1v) is 9.04. The normalized spacial score (nSPS) is 10.1. The molecule has 0 heterocycles. The molecule has 28 heavy (non-hydrogen) atoms. The first-order valence-electron chi connectivity index (χ1n) is 9.04. The summed E-state index contributed by atoms with van der Waals surface area (Å²) in [6.45, 7) is 1.53. The van der Waals surface area contributed by atoms with Gasteiger partial charge >= 0.3 is 0 Å². The second kappa shape index (κ2) is 10.1. The van der Waals surface area contributed by atoms with Crippen LogP contribution >= 0.6 is 0 Å². The predicted molar refractivity (Wildman–Crippen MR) is 111 cm³/mol. The molecule has 0 bridgehead atoms. The summed E-state index contributed by atoms with van der Waals surface area (Å²) in [6.07, 6.45) is 1.09. The van der Waals surface area contributed by atoms with E-state index in [1.807, 2.05) is 24.3 Å². The molecule has 148 valence electrons. The standard InChI is InChI=1S/C21H26N4O3/c1-15(26)23-18-8-5-9-19(13-18)24-20(27)14-22-17-7-4-6-16(12-17)10-11-21(28)25(2)3/h4-9,12-13,22H,10-11,14H2,1-3H3,(H,23,26)(H,24,27). The minimum atomic E-state index is -0.201. The number of nitrogens with zero attached hydrogens (tertiary/aromatic N) is 1. The van der Waals surface area contributed by atoms with Crippen molar-refractivity contribution in [1.82, 2.24) is 4.90 Å². The van der Waals surface area contributed by atoms with Crippen molar-refractivity contribution in [1.29, 1.82) is 0 Å². The van der Waals surface area contributed by atoms with Crippen LogP contribution in [-0.4, -0.2) is 43.3 Å². The molecule has 2 rings (SSSR count). The van der Waals surface area contributed by atoms with E-state index in [4.69, 9.17) is 0 Å². The topological polar surface area (TPSA) is 90.5 Å². The van der Waals surface area contributed by atoms with E-state index in [0.29, 0.717) is 24.2 Å². The summed E-state index contributed by atoms with van der Waals surface area (Å²) in [5.41, 5.74) is 3.08. The Morgan fingerprint density at radius 2 is 1.54 bits per heavy atom. The minimum Gasteiger partial charge on any atom is -0.376 e. The number of hydrogen-bond acceptors (Lipinski definition) is 4. The maximum Gasteiger partial charge on any atom is 0.243 e. The Hall–Kier alpha value is -3.35. The quantitative estimate of drug-likeness (QED) is 0.655. The molecule has 2 aromatic carbocycles. The molecule has 0 fully saturated rings. The molecule has 0 spiro atoms. The fraction of sp³-hybridized carbons (Fsp3) is 0.286. The number of carbonyl (C=O) groups excluding carboxylic acids is 3. The highest BCUT2D eigenvalue weighted by atomic mass is 16.2. The van der Waals surface area contributed by atoms with E-state index >= 15 is 0 Å². The number of amides is 3. The van der Waals surface area contributed by atoms with E-state index in [0.717, 1.165) is 11.3 Å². The van der Waals surface area contributed by atoms with E-state index in [1.54, 1.807) is 43.3 Å². The summed E-state index contributed by atoms with van der Waals surface area (Å²) in [5, 5.41) is 8.55. The lowest BCUT2D eigenvalue weighted by Gasteiger charge is -2.11. The van der Waals surface area contributed by atoms with Gasteiger partial charge in [0.15, 0.2) is 0 Å². The molecule has 7 nitrogen and oxygen atoms in total. The summed E-state index contributed by atoms with van der Waals surface area (Å²) < 4.78 is 0. The van der Waals surface area contributed by atoms with Gasteiger partial charge in [-0.05, 0) is 42.3 Å². The summed E-state index contributed by atoms with van der Waals surface area (Å²) in [6, 6.07) is 14.6. The minimum absolute atomic E-state index is 0.0826. The molecule has 0 aliphatic rings. The van der Waals surface area contributed by atoms with Crippen LogP contribution < -0.4 is 16.0 Å². The fourth-order valence-electron chi connectivity index (χ4n) is 2.58. The van der Waals surface area contributed by atoms with E-state index < -0.39 is 0 Å². The van der Waals surface area contributed by atoms with Gasteiger partial charge in [0, 0.05) is 44.5 Å². The third kappa shape index (κ3) is 7.11. The number of hydrogen-bond donors (Lipinski definition) is 3. The average molecular weight is 382 g/mol. The van der Waals surface area contributed by atoms with Gasteiger partial charge in [0.1, 0.15) is 0 Å². The van der Waals surface area contributed by atoms with Gasteiger partial charge in [0.05, 0.1) is 6.54 Å². The Morgan fingerprint density at radius 3 is 2.21 bits per heavy atom. The second-order valence-corrected chi connectivity index (χ2v) is 6.65. The molecular weight excluding hydrogens is 356 g/mol. The highest BCUT2D eigenvalue weighted by Gasteiger charge is 2.06. The lowest BCUT2D eigenvalue weighted by Crippen LogP contribution is -2.22. The summed E-state index contributed by atoms with van der Waals surface area (Å²) in [5.74, 6) is -0.287. The predicted octanol–water partition coefficient (Wildman–Crippen LogP) is 2.72. The van der Waals surface area contributed by atoms with Crippen LogP contribution in [-0.2, 0) is 20.8 Å². The lowest BCUT2D eigenvalue weighted by molar-refractivity contribution is -0.128. The van der Waals surface area contributed by atoms with E-state index in [1.165, 1.54) is 6.92 Å². The largest absolute Gasteiger partial charge is 0.376 e. The molecule has 3 amide bonds. The zero-order valence-corrected chi connectivity index (χ0v) is 16.4. The third-order valence-electron chi connectivity index (χ3n) is 3.97. The molecule has 0 aliphatic carbocycles. The molecule has 0 aromatic heterocycles. The molecule has 0 saturated carbocycles. The maximum absolute atomic E-state index is 12.2. The van der Waals surface area contributed by atoms with Gasteiger partial charge in [-0.3, -0.25) is 14.4 Å².